The number of esters is 1. The van der Waals surface area contributed by atoms with Crippen molar-refractivity contribution in [2.24, 2.45) is 0 Å². The first-order valence-corrected chi connectivity index (χ1v) is 9.15. The number of carbonyl (C=O) groups excluding carboxylic acids is 3. The number of carbonyl (C=O) groups is 3. The Morgan fingerprint density at radius 1 is 1.10 bits per heavy atom. The molecule has 0 bridgehead atoms. The summed E-state index contributed by atoms with van der Waals surface area (Å²) in [5.74, 6) is -0.684. The first kappa shape index (κ1) is 22.0. The van der Waals surface area contributed by atoms with Crippen molar-refractivity contribution in [2.45, 2.75) is 6.42 Å². The Bertz CT molecular complexity index is 881. The van der Waals surface area contributed by atoms with Crippen LogP contribution in [-0.4, -0.2) is 38.0 Å². The second-order valence-corrected chi connectivity index (χ2v) is 6.30. The summed E-state index contributed by atoms with van der Waals surface area (Å²) >= 11 is 5.83. The van der Waals surface area contributed by atoms with Gasteiger partial charge in [-0.25, -0.2) is 0 Å². The van der Waals surface area contributed by atoms with Crippen LogP contribution in [0.25, 0.3) is 6.08 Å². The number of anilines is 1. The van der Waals surface area contributed by atoms with Gasteiger partial charge in [-0.3, -0.25) is 14.4 Å². The van der Waals surface area contributed by atoms with Crippen molar-refractivity contribution < 1.29 is 23.9 Å². The van der Waals surface area contributed by atoms with Crippen LogP contribution in [0.1, 0.15) is 12.0 Å². The van der Waals surface area contributed by atoms with Crippen molar-refractivity contribution in [3.05, 3.63) is 65.2 Å². The third-order valence-electron chi connectivity index (χ3n) is 3.64. The SMILES string of the molecule is COc1ccc(/C=C/C(=O)NCCC(=O)OCC(=O)Nc2cccc(Cl)c2)cc1. The lowest BCUT2D eigenvalue weighted by molar-refractivity contribution is -0.147. The molecule has 152 valence electrons. The number of benzene rings is 2. The van der Waals surface area contributed by atoms with Gasteiger partial charge < -0.3 is 20.1 Å². The Labute approximate surface area is 173 Å². The van der Waals surface area contributed by atoms with Crippen molar-refractivity contribution >= 4 is 41.1 Å². The Balaban J connectivity index is 1.63. The van der Waals surface area contributed by atoms with E-state index in [1.54, 1.807) is 49.6 Å². The topological polar surface area (TPSA) is 93.7 Å². The predicted octanol–water partition coefficient (Wildman–Crippen LogP) is 3.05. The van der Waals surface area contributed by atoms with E-state index >= 15 is 0 Å². The van der Waals surface area contributed by atoms with Gasteiger partial charge >= 0.3 is 5.97 Å². The lowest BCUT2D eigenvalue weighted by Gasteiger charge is -2.07. The first-order chi connectivity index (χ1) is 14.0. The van der Waals surface area contributed by atoms with E-state index in [4.69, 9.17) is 21.1 Å². The number of ether oxygens (including phenoxy) is 2. The van der Waals surface area contributed by atoms with Gasteiger partial charge in [0.1, 0.15) is 5.75 Å². The third kappa shape index (κ3) is 8.49. The second kappa shape index (κ2) is 11.5. The smallest absolute Gasteiger partial charge is 0.308 e. The molecule has 2 aromatic rings. The molecule has 0 spiro atoms. The zero-order valence-corrected chi connectivity index (χ0v) is 16.6. The summed E-state index contributed by atoms with van der Waals surface area (Å²) in [7, 11) is 1.58. The largest absolute Gasteiger partial charge is 0.497 e. The summed E-state index contributed by atoms with van der Waals surface area (Å²) in [6.45, 7) is -0.322. The predicted molar refractivity (Wildman–Crippen MR) is 111 cm³/mol. The standard InChI is InChI=1S/C21H21ClN2O5/c1-28-18-8-5-15(6-9-18)7-10-19(25)23-12-11-21(27)29-14-20(26)24-17-4-2-3-16(22)13-17/h2-10,13H,11-12,14H2,1H3,(H,23,25)(H,24,26)/b10-7+. The van der Waals surface area contributed by atoms with Crippen LogP contribution in [0.2, 0.25) is 5.02 Å². The molecule has 0 aliphatic rings. The second-order valence-electron chi connectivity index (χ2n) is 5.87. The Kier molecular flexibility index (Phi) is 8.72. The van der Waals surface area contributed by atoms with E-state index < -0.39 is 18.5 Å². The lowest BCUT2D eigenvalue weighted by atomic mass is 10.2. The molecule has 0 fully saturated rings. The Morgan fingerprint density at radius 3 is 2.55 bits per heavy atom. The summed E-state index contributed by atoms with van der Waals surface area (Å²) in [6.07, 6.45) is 2.96. The van der Waals surface area contributed by atoms with Crippen LogP contribution in [0.4, 0.5) is 5.69 Å². The number of nitrogens with one attached hydrogen (secondary N) is 2. The molecule has 0 saturated carbocycles. The minimum atomic E-state index is -0.592. The molecule has 29 heavy (non-hydrogen) atoms. The molecule has 0 saturated heterocycles. The number of methoxy groups -OCH3 is 1. The highest BCUT2D eigenvalue weighted by Crippen LogP contribution is 2.14. The normalized spacial score (nSPS) is 10.4. The fraction of sp³-hybridized carbons (Fsp3) is 0.190. The number of hydrogen-bond acceptors (Lipinski definition) is 5. The first-order valence-electron chi connectivity index (χ1n) is 8.77. The third-order valence-corrected chi connectivity index (χ3v) is 3.88. The number of rotatable bonds is 9. The van der Waals surface area contributed by atoms with Gasteiger partial charge in [0.15, 0.2) is 6.61 Å². The highest BCUT2D eigenvalue weighted by molar-refractivity contribution is 6.30. The molecule has 0 atom stereocenters. The molecule has 0 aliphatic heterocycles. The van der Waals surface area contributed by atoms with Crippen LogP contribution < -0.4 is 15.4 Å². The van der Waals surface area contributed by atoms with E-state index in [0.717, 1.165) is 11.3 Å². The molecule has 0 unspecified atom stereocenters. The monoisotopic (exact) mass is 416 g/mol. The summed E-state index contributed by atoms with van der Waals surface area (Å²) in [5, 5.41) is 5.62. The van der Waals surface area contributed by atoms with Gasteiger partial charge in [-0.15, -0.1) is 0 Å². The van der Waals surface area contributed by atoms with Gasteiger partial charge in [-0.05, 0) is 42.0 Å². The highest BCUT2D eigenvalue weighted by atomic mass is 35.5. The fourth-order valence-corrected chi connectivity index (χ4v) is 2.41. The van der Waals surface area contributed by atoms with E-state index in [9.17, 15) is 14.4 Å². The quantitative estimate of drug-likeness (QED) is 0.484. The summed E-state index contributed by atoms with van der Waals surface area (Å²) in [5.41, 5.74) is 1.35. The summed E-state index contributed by atoms with van der Waals surface area (Å²) in [6, 6.07) is 13.8. The molecule has 0 aromatic heterocycles. The average Bonchev–Trinajstić information content (AvgIpc) is 2.71. The lowest BCUT2D eigenvalue weighted by Crippen LogP contribution is -2.26. The number of hydrogen-bond donors (Lipinski definition) is 2. The van der Waals surface area contributed by atoms with Gasteiger partial charge in [0, 0.05) is 23.3 Å². The molecule has 2 aromatic carbocycles. The molecule has 0 radical (unpaired) electrons. The fourth-order valence-electron chi connectivity index (χ4n) is 2.22. The molecular formula is C21H21ClN2O5. The van der Waals surface area contributed by atoms with E-state index in [1.807, 2.05) is 12.1 Å². The summed E-state index contributed by atoms with van der Waals surface area (Å²) < 4.78 is 9.94. The van der Waals surface area contributed by atoms with Gasteiger partial charge in [0.2, 0.25) is 5.91 Å². The minimum absolute atomic E-state index is 0.0490. The summed E-state index contributed by atoms with van der Waals surface area (Å²) in [4.78, 5) is 35.2. The maximum Gasteiger partial charge on any atom is 0.308 e. The molecule has 2 N–H and O–H groups in total. The molecular weight excluding hydrogens is 396 g/mol. The molecule has 0 aliphatic carbocycles. The zero-order valence-electron chi connectivity index (χ0n) is 15.8. The van der Waals surface area contributed by atoms with Crippen LogP contribution in [-0.2, 0) is 19.1 Å². The molecule has 2 amide bonds. The van der Waals surface area contributed by atoms with Gasteiger partial charge in [0.25, 0.3) is 5.91 Å². The van der Waals surface area contributed by atoms with E-state index in [-0.39, 0.29) is 18.9 Å². The van der Waals surface area contributed by atoms with Gasteiger partial charge in [-0.1, -0.05) is 29.8 Å². The van der Waals surface area contributed by atoms with E-state index in [1.165, 1.54) is 6.08 Å². The maximum atomic E-state index is 11.8. The zero-order chi connectivity index (χ0) is 21.1. The van der Waals surface area contributed by atoms with Gasteiger partial charge in [0.05, 0.1) is 13.5 Å². The van der Waals surface area contributed by atoms with Crippen molar-refractivity contribution in [1.29, 1.82) is 0 Å². The average molecular weight is 417 g/mol. The number of amides is 2. The van der Waals surface area contributed by atoms with Crippen LogP contribution in [0.3, 0.4) is 0 Å². The van der Waals surface area contributed by atoms with Gasteiger partial charge in [-0.2, -0.15) is 0 Å². The molecule has 2 rings (SSSR count). The van der Waals surface area contributed by atoms with Crippen molar-refractivity contribution in [2.75, 3.05) is 25.6 Å². The van der Waals surface area contributed by atoms with E-state index in [0.29, 0.717) is 10.7 Å². The van der Waals surface area contributed by atoms with E-state index in [2.05, 4.69) is 10.6 Å². The maximum absolute atomic E-state index is 11.8. The molecule has 7 nitrogen and oxygen atoms in total. The van der Waals surface area contributed by atoms with Crippen LogP contribution >= 0.6 is 11.6 Å². The van der Waals surface area contributed by atoms with Crippen molar-refractivity contribution in [3.63, 3.8) is 0 Å². The van der Waals surface area contributed by atoms with Crippen LogP contribution in [0, 0.1) is 0 Å². The Morgan fingerprint density at radius 2 is 1.86 bits per heavy atom. The Hall–Kier alpha value is -3.32. The van der Waals surface area contributed by atoms with Crippen molar-refractivity contribution in [3.8, 4) is 5.75 Å². The van der Waals surface area contributed by atoms with Crippen molar-refractivity contribution in [1.82, 2.24) is 5.32 Å². The molecule has 8 heteroatoms. The molecule has 0 heterocycles. The van der Waals surface area contributed by atoms with Crippen LogP contribution in [0.15, 0.2) is 54.6 Å². The minimum Gasteiger partial charge on any atom is -0.497 e. The van der Waals surface area contributed by atoms with Crippen LogP contribution in [0.5, 0.6) is 5.75 Å². The number of halogens is 1. The highest BCUT2D eigenvalue weighted by Gasteiger charge is 2.08.